The molecule has 1 atom stereocenters. The summed E-state index contributed by atoms with van der Waals surface area (Å²) in [6.07, 6.45) is -0.666. The Hall–Kier alpha value is -1.86. The lowest BCUT2D eigenvalue weighted by Crippen LogP contribution is -2.31. The van der Waals surface area contributed by atoms with Crippen molar-refractivity contribution in [2.24, 2.45) is 0 Å². The number of methoxy groups -OCH3 is 1. The van der Waals surface area contributed by atoms with E-state index in [9.17, 15) is 15.2 Å². The molecule has 7 nitrogen and oxygen atoms in total. The SMILES string of the molecule is CCNCC(O)COc1ccc(OC)c([N+](=O)[O-])c1. The van der Waals surface area contributed by atoms with Crippen LogP contribution >= 0.6 is 0 Å². The summed E-state index contributed by atoms with van der Waals surface area (Å²) in [5.74, 6) is 0.494. The molecule has 0 radical (unpaired) electrons. The van der Waals surface area contributed by atoms with Crippen molar-refractivity contribution >= 4 is 5.69 Å². The zero-order chi connectivity index (χ0) is 14.3. The summed E-state index contributed by atoms with van der Waals surface area (Å²) < 4.78 is 10.2. The topological polar surface area (TPSA) is 93.9 Å². The molecule has 19 heavy (non-hydrogen) atoms. The number of ether oxygens (including phenoxy) is 2. The number of nitro benzene ring substituents is 1. The van der Waals surface area contributed by atoms with Gasteiger partial charge < -0.3 is 19.9 Å². The average Bonchev–Trinajstić information content (AvgIpc) is 2.42. The first kappa shape index (κ1) is 15.2. The van der Waals surface area contributed by atoms with Gasteiger partial charge in [0.15, 0.2) is 5.75 Å². The molecule has 1 aromatic rings. The van der Waals surface area contributed by atoms with Gasteiger partial charge in [-0.2, -0.15) is 0 Å². The van der Waals surface area contributed by atoms with Crippen LogP contribution in [-0.4, -0.2) is 42.9 Å². The Kier molecular flexibility index (Phi) is 6.04. The van der Waals surface area contributed by atoms with E-state index < -0.39 is 11.0 Å². The molecular formula is C12H18N2O5. The third-order valence-corrected chi connectivity index (χ3v) is 2.42. The summed E-state index contributed by atoms with van der Waals surface area (Å²) in [7, 11) is 1.36. The standard InChI is InChI=1S/C12H18N2O5/c1-3-13-7-9(15)8-19-10-4-5-12(18-2)11(6-10)14(16)17/h4-6,9,13,15H,3,7-8H2,1-2H3. The van der Waals surface area contributed by atoms with Crippen LogP contribution in [0.25, 0.3) is 0 Å². The van der Waals surface area contributed by atoms with Gasteiger partial charge in [-0.05, 0) is 18.7 Å². The van der Waals surface area contributed by atoms with Crippen molar-refractivity contribution < 1.29 is 19.5 Å². The molecule has 0 spiro atoms. The number of rotatable bonds is 8. The van der Waals surface area contributed by atoms with Gasteiger partial charge in [-0.3, -0.25) is 10.1 Å². The molecular weight excluding hydrogens is 252 g/mol. The Labute approximate surface area is 111 Å². The van der Waals surface area contributed by atoms with Crippen LogP contribution in [0.1, 0.15) is 6.92 Å². The second kappa shape index (κ2) is 7.55. The molecule has 0 amide bonds. The van der Waals surface area contributed by atoms with Gasteiger partial charge in [0.2, 0.25) is 0 Å². The Morgan fingerprint density at radius 1 is 1.53 bits per heavy atom. The molecule has 0 aliphatic heterocycles. The molecule has 0 aliphatic carbocycles. The van der Waals surface area contributed by atoms with Gasteiger partial charge in [0.1, 0.15) is 18.5 Å². The van der Waals surface area contributed by atoms with Crippen LogP contribution in [0.4, 0.5) is 5.69 Å². The maximum atomic E-state index is 10.8. The number of hydrogen-bond donors (Lipinski definition) is 2. The monoisotopic (exact) mass is 270 g/mol. The predicted octanol–water partition coefficient (Wildman–Crippen LogP) is 0.953. The molecule has 0 fully saturated rings. The number of nitro groups is 1. The molecule has 0 heterocycles. The highest BCUT2D eigenvalue weighted by Gasteiger charge is 2.16. The Morgan fingerprint density at radius 2 is 2.26 bits per heavy atom. The molecule has 7 heteroatoms. The maximum absolute atomic E-state index is 10.8. The number of nitrogens with zero attached hydrogens (tertiary/aromatic N) is 1. The lowest BCUT2D eigenvalue weighted by molar-refractivity contribution is -0.385. The van der Waals surface area contributed by atoms with Crippen LogP contribution in [-0.2, 0) is 0 Å². The molecule has 0 saturated heterocycles. The van der Waals surface area contributed by atoms with Crippen LogP contribution in [0.15, 0.2) is 18.2 Å². The van der Waals surface area contributed by atoms with Crippen LogP contribution in [0, 0.1) is 10.1 Å². The lowest BCUT2D eigenvalue weighted by Gasteiger charge is -2.12. The van der Waals surface area contributed by atoms with Crippen LogP contribution in [0.2, 0.25) is 0 Å². The number of aliphatic hydroxyl groups excluding tert-OH is 1. The van der Waals surface area contributed by atoms with E-state index in [4.69, 9.17) is 9.47 Å². The third-order valence-electron chi connectivity index (χ3n) is 2.42. The van der Waals surface area contributed by atoms with Gasteiger partial charge >= 0.3 is 5.69 Å². The number of nitrogens with one attached hydrogen (secondary N) is 1. The highest BCUT2D eigenvalue weighted by molar-refractivity contribution is 5.50. The zero-order valence-corrected chi connectivity index (χ0v) is 11.0. The van der Waals surface area contributed by atoms with E-state index in [1.54, 1.807) is 6.07 Å². The summed E-state index contributed by atoms with van der Waals surface area (Å²) in [5.41, 5.74) is -0.166. The summed E-state index contributed by atoms with van der Waals surface area (Å²) in [4.78, 5) is 10.3. The van der Waals surface area contributed by atoms with Crippen LogP contribution < -0.4 is 14.8 Å². The second-order valence-electron chi connectivity index (χ2n) is 3.86. The second-order valence-corrected chi connectivity index (χ2v) is 3.86. The van der Waals surface area contributed by atoms with Crippen molar-refractivity contribution in [3.63, 3.8) is 0 Å². The molecule has 0 aliphatic rings. The summed E-state index contributed by atoms with van der Waals surface area (Å²) >= 11 is 0. The fraction of sp³-hybridized carbons (Fsp3) is 0.500. The molecule has 1 unspecified atom stereocenters. The summed E-state index contributed by atoms with van der Waals surface area (Å²) in [6, 6.07) is 4.30. The van der Waals surface area contributed by atoms with Crippen molar-refractivity contribution in [1.29, 1.82) is 0 Å². The molecule has 2 N–H and O–H groups in total. The average molecular weight is 270 g/mol. The van der Waals surface area contributed by atoms with Gasteiger partial charge in [-0.15, -0.1) is 0 Å². The molecule has 106 valence electrons. The van der Waals surface area contributed by atoms with Crippen molar-refractivity contribution in [3.8, 4) is 11.5 Å². The largest absolute Gasteiger partial charge is 0.491 e. The minimum atomic E-state index is -0.666. The molecule has 1 rings (SSSR count). The number of hydrogen-bond acceptors (Lipinski definition) is 6. The van der Waals surface area contributed by atoms with E-state index in [2.05, 4.69) is 5.32 Å². The smallest absolute Gasteiger partial charge is 0.314 e. The van der Waals surface area contributed by atoms with E-state index in [1.807, 2.05) is 6.92 Å². The van der Waals surface area contributed by atoms with E-state index >= 15 is 0 Å². The number of likely N-dealkylation sites (N-methyl/N-ethyl adjacent to an activating group) is 1. The summed E-state index contributed by atoms with van der Waals surface area (Å²) in [6.45, 7) is 3.16. The fourth-order valence-electron chi connectivity index (χ4n) is 1.46. The van der Waals surface area contributed by atoms with Crippen molar-refractivity contribution in [1.82, 2.24) is 5.32 Å². The fourth-order valence-corrected chi connectivity index (χ4v) is 1.46. The van der Waals surface area contributed by atoms with Gasteiger partial charge in [0.05, 0.1) is 18.1 Å². The first-order valence-electron chi connectivity index (χ1n) is 5.92. The molecule has 1 aromatic carbocycles. The number of aliphatic hydroxyl groups is 1. The van der Waals surface area contributed by atoms with Crippen LogP contribution in [0.5, 0.6) is 11.5 Å². The Morgan fingerprint density at radius 3 is 2.84 bits per heavy atom. The Balaban J connectivity index is 2.64. The van der Waals surface area contributed by atoms with Gasteiger partial charge in [0, 0.05) is 6.54 Å². The molecule has 0 saturated carbocycles. The Bertz CT molecular complexity index is 425. The van der Waals surface area contributed by atoms with Crippen LogP contribution in [0.3, 0.4) is 0 Å². The van der Waals surface area contributed by atoms with Crippen molar-refractivity contribution in [2.45, 2.75) is 13.0 Å². The number of benzene rings is 1. The van der Waals surface area contributed by atoms with Crippen molar-refractivity contribution in [3.05, 3.63) is 28.3 Å². The van der Waals surface area contributed by atoms with Gasteiger partial charge in [0.25, 0.3) is 0 Å². The third kappa shape index (κ3) is 4.72. The van der Waals surface area contributed by atoms with Crippen molar-refractivity contribution in [2.75, 3.05) is 26.8 Å². The lowest BCUT2D eigenvalue weighted by atomic mass is 10.3. The zero-order valence-electron chi connectivity index (χ0n) is 11.0. The van der Waals surface area contributed by atoms with E-state index in [1.165, 1.54) is 19.2 Å². The maximum Gasteiger partial charge on any atom is 0.314 e. The highest BCUT2D eigenvalue weighted by Crippen LogP contribution is 2.30. The summed E-state index contributed by atoms with van der Waals surface area (Å²) in [5, 5.41) is 23.4. The highest BCUT2D eigenvalue weighted by atomic mass is 16.6. The minimum absolute atomic E-state index is 0.0660. The minimum Gasteiger partial charge on any atom is -0.491 e. The molecule has 0 aromatic heterocycles. The van der Waals surface area contributed by atoms with E-state index in [0.717, 1.165) is 6.54 Å². The van der Waals surface area contributed by atoms with Gasteiger partial charge in [-0.25, -0.2) is 0 Å². The first-order chi connectivity index (χ1) is 9.08. The van der Waals surface area contributed by atoms with E-state index in [0.29, 0.717) is 12.3 Å². The normalized spacial score (nSPS) is 11.9. The quantitative estimate of drug-likeness (QED) is 0.539. The molecule has 0 bridgehead atoms. The predicted molar refractivity (Wildman–Crippen MR) is 69.7 cm³/mol. The first-order valence-corrected chi connectivity index (χ1v) is 5.92. The van der Waals surface area contributed by atoms with E-state index in [-0.39, 0.29) is 18.0 Å². The van der Waals surface area contributed by atoms with Gasteiger partial charge in [-0.1, -0.05) is 6.92 Å².